The zero-order chi connectivity index (χ0) is 15.2. The van der Waals surface area contributed by atoms with E-state index in [1.807, 2.05) is 6.20 Å². The van der Waals surface area contributed by atoms with Crippen LogP contribution in [0.4, 0.5) is 4.39 Å². The maximum atomic E-state index is 13.5. The average Bonchev–Trinajstić information content (AvgIpc) is 3.02. The third-order valence-electron chi connectivity index (χ3n) is 3.97. The van der Waals surface area contributed by atoms with Crippen LogP contribution in [0.1, 0.15) is 31.0 Å². The van der Waals surface area contributed by atoms with E-state index in [1.165, 1.54) is 12.5 Å². The summed E-state index contributed by atoms with van der Waals surface area (Å²) in [4.78, 5) is 11.0. The van der Waals surface area contributed by atoms with Crippen LogP contribution in [0, 0.1) is 5.82 Å². The smallest absolute Gasteiger partial charge is 0.165 e. The summed E-state index contributed by atoms with van der Waals surface area (Å²) < 4.78 is 19.0. The molecule has 1 unspecified atom stereocenters. The average molecular weight is 301 g/mol. The SMILES string of the molecule is Fc1ccccc1OCCCN1CCCC1c1cnccn1. The van der Waals surface area contributed by atoms with Crippen molar-refractivity contribution in [2.24, 2.45) is 0 Å². The molecule has 3 rings (SSSR count). The number of rotatable bonds is 6. The second-order valence-corrected chi connectivity index (χ2v) is 5.46. The summed E-state index contributed by atoms with van der Waals surface area (Å²) in [6.07, 6.45) is 8.45. The number of para-hydroxylation sites is 1. The first-order valence-corrected chi connectivity index (χ1v) is 7.72. The van der Waals surface area contributed by atoms with Crippen LogP contribution in [-0.2, 0) is 0 Å². The molecule has 1 aromatic carbocycles. The lowest BCUT2D eigenvalue weighted by Gasteiger charge is -2.23. The minimum absolute atomic E-state index is 0.305. The summed E-state index contributed by atoms with van der Waals surface area (Å²) in [6, 6.07) is 6.87. The molecule has 0 spiro atoms. The van der Waals surface area contributed by atoms with Crippen molar-refractivity contribution < 1.29 is 9.13 Å². The third kappa shape index (κ3) is 3.60. The molecule has 0 N–H and O–H groups in total. The van der Waals surface area contributed by atoms with Gasteiger partial charge in [0.2, 0.25) is 0 Å². The van der Waals surface area contributed by atoms with Gasteiger partial charge in [-0.15, -0.1) is 0 Å². The maximum absolute atomic E-state index is 13.5. The van der Waals surface area contributed by atoms with E-state index >= 15 is 0 Å². The van der Waals surface area contributed by atoms with E-state index in [9.17, 15) is 4.39 Å². The summed E-state index contributed by atoms with van der Waals surface area (Å²) in [5, 5.41) is 0. The van der Waals surface area contributed by atoms with Gasteiger partial charge in [0.05, 0.1) is 18.3 Å². The van der Waals surface area contributed by atoms with Crippen LogP contribution in [0.25, 0.3) is 0 Å². The van der Waals surface area contributed by atoms with E-state index in [4.69, 9.17) is 4.74 Å². The zero-order valence-electron chi connectivity index (χ0n) is 12.5. The van der Waals surface area contributed by atoms with Crippen LogP contribution in [-0.4, -0.2) is 34.6 Å². The predicted octanol–water partition coefficient (Wildman–Crippen LogP) is 3.22. The first-order chi connectivity index (χ1) is 10.8. The Morgan fingerprint density at radius 3 is 3.00 bits per heavy atom. The van der Waals surface area contributed by atoms with Gasteiger partial charge in [0.1, 0.15) is 0 Å². The summed E-state index contributed by atoms with van der Waals surface area (Å²) in [5.41, 5.74) is 1.04. The Bertz CT molecular complexity index is 593. The van der Waals surface area contributed by atoms with Gasteiger partial charge in [-0.1, -0.05) is 12.1 Å². The largest absolute Gasteiger partial charge is 0.490 e. The molecule has 1 atom stereocenters. The highest BCUT2D eigenvalue weighted by Gasteiger charge is 2.26. The lowest BCUT2D eigenvalue weighted by Crippen LogP contribution is -2.26. The molecule has 2 aromatic rings. The van der Waals surface area contributed by atoms with Crippen molar-refractivity contribution in [1.29, 1.82) is 0 Å². The molecular weight excluding hydrogens is 281 g/mol. The molecule has 1 aliphatic rings. The molecule has 0 saturated carbocycles. The molecule has 0 radical (unpaired) electrons. The third-order valence-corrected chi connectivity index (χ3v) is 3.97. The Hall–Kier alpha value is -2.01. The highest BCUT2D eigenvalue weighted by Crippen LogP contribution is 2.30. The fourth-order valence-corrected chi connectivity index (χ4v) is 2.92. The van der Waals surface area contributed by atoms with Gasteiger partial charge in [-0.25, -0.2) is 4.39 Å². The second-order valence-electron chi connectivity index (χ2n) is 5.46. The minimum Gasteiger partial charge on any atom is -0.490 e. The number of aromatic nitrogens is 2. The number of hydrogen-bond donors (Lipinski definition) is 0. The van der Waals surface area contributed by atoms with Gasteiger partial charge in [0.15, 0.2) is 11.6 Å². The molecule has 1 saturated heterocycles. The summed E-state index contributed by atoms with van der Waals surface area (Å²) >= 11 is 0. The van der Waals surface area contributed by atoms with Crippen LogP contribution in [0.5, 0.6) is 5.75 Å². The van der Waals surface area contributed by atoms with E-state index in [1.54, 1.807) is 30.6 Å². The first-order valence-electron chi connectivity index (χ1n) is 7.72. The van der Waals surface area contributed by atoms with Gasteiger partial charge in [-0.05, 0) is 37.9 Å². The monoisotopic (exact) mass is 301 g/mol. The Kier molecular flexibility index (Phi) is 4.96. The minimum atomic E-state index is -0.305. The summed E-state index contributed by atoms with van der Waals surface area (Å²) in [5.74, 6) is 0.0236. The van der Waals surface area contributed by atoms with Gasteiger partial charge in [0, 0.05) is 25.1 Å². The molecule has 1 fully saturated rings. The number of nitrogens with zero attached hydrogens (tertiary/aromatic N) is 3. The first kappa shape index (κ1) is 14.9. The molecular formula is C17H20FN3O. The predicted molar refractivity (Wildman–Crippen MR) is 82.1 cm³/mol. The van der Waals surface area contributed by atoms with Crippen molar-refractivity contribution in [3.63, 3.8) is 0 Å². The summed E-state index contributed by atoms with van der Waals surface area (Å²) in [7, 11) is 0. The van der Waals surface area contributed by atoms with Crippen LogP contribution in [0.2, 0.25) is 0 Å². The number of halogens is 1. The Labute approximate surface area is 130 Å². The van der Waals surface area contributed by atoms with Crippen molar-refractivity contribution in [3.8, 4) is 5.75 Å². The Morgan fingerprint density at radius 1 is 1.27 bits per heavy atom. The molecule has 0 bridgehead atoms. The second kappa shape index (κ2) is 7.31. The lowest BCUT2D eigenvalue weighted by atomic mass is 10.1. The van der Waals surface area contributed by atoms with E-state index in [0.29, 0.717) is 18.4 Å². The molecule has 1 aliphatic heterocycles. The number of benzene rings is 1. The van der Waals surface area contributed by atoms with Crippen LogP contribution < -0.4 is 4.74 Å². The Balaban J connectivity index is 1.48. The number of likely N-dealkylation sites (tertiary alicyclic amines) is 1. The molecule has 2 heterocycles. The maximum Gasteiger partial charge on any atom is 0.165 e. The van der Waals surface area contributed by atoms with Crippen molar-refractivity contribution in [1.82, 2.24) is 14.9 Å². The topological polar surface area (TPSA) is 38.2 Å². The van der Waals surface area contributed by atoms with Gasteiger partial charge in [0.25, 0.3) is 0 Å². The van der Waals surface area contributed by atoms with E-state index in [0.717, 1.165) is 31.6 Å². The van der Waals surface area contributed by atoms with Crippen molar-refractivity contribution >= 4 is 0 Å². The number of hydrogen-bond acceptors (Lipinski definition) is 4. The normalized spacial score (nSPS) is 18.5. The van der Waals surface area contributed by atoms with E-state index in [-0.39, 0.29) is 5.82 Å². The van der Waals surface area contributed by atoms with Gasteiger partial charge in [-0.3, -0.25) is 14.9 Å². The van der Waals surface area contributed by atoms with Crippen molar-refractivity contribution in [3.05, 3.63) is 54.4 Å². The Morgan fingerprint density at radius 2 is 2.18 bits per heavy atom. The van der Waals surface area contributed by atoms with E-state index in [2.05, 4.69) is 14.9 Å². The highest BCUT2D eigenvalue weighted by atomic mass is 19.1. The zero-order valence-corrected chi connectivity index (χ0v) is 12.5. The molecule has 0 amide bonds. The standard InChI is InChI=1S/C17H20FN3O/c18-14-5-1-2-7-17(14)22-12-4-11-21-10-3-6-16(21)15-13-19-8-9-20-15/h1-2,5,7-9,13,16H,3-4,6,10-12H2. The highest BCUT2D eigenvalue weighted by molar-refractivity contribution is 5.23. The molecule has 1 aromatic heterocycles. The van der Waals surface area contributed by atoms with Crippen molar-refractivity contribution in [2.75, 3.05) is 19.7 Å². The van der Waals surface area contributed by atoms with Gasteiger partial charge >= 0.3 is 0 Å². The van der Waals surface area contributed by atoms with Crippen LogP contribution in [0.3, 0.4) is 0 Å². The quantitative estimate of drug-likeness (QED) is 0.768. The fourth-order valence-electron chi connectivity index (χ4n) is 2.92. The van der Waals surface area contributed by atoms with Crippen LogP contribution >= 0.6 is 0 Å². The van der Waals surface area contributed by atoms with Gasteiger partial charge < -0.3 is 4.74 Å². The van der Waals surface area contributed by atoms with E-state index < -0.39 is 0 Å². The molecule has 5 heteroatoms. The lowest BCUT2D eigenvalue weighted by molar-refractivity contribution is 0.217. The molecule has 116 valence electrons. The van der Waals surface area contributed by atoms with Crippen molar-refractivity contribution in [2.45, 2.75) is 25.3 Å². The molecule has 4 nitrogen and oxygen atoms in total. The summed E-state index contributed by atoms with van der Waals surface area (Å²) in [6.45, 7) is 2.52. The fraction of sp³-hybridized carbons (Fsp3) is 0.412. The van der Waals surface area contributed by atoms with Gasteiger partial charge in [-0.2, -0.15) is 0 Å². The van der Waals surface area contributed by atoms with Crippen LogP contribution in [0.15, 0.2) is 42.9 Å². The number of ether oxygens (including phenoxy) is 1. The molecule has 22 heavy (non-hydrogen) atoms. The molecule has 0 aliphatic carbocycles.